The molecular formula is C12H11ClFNO3. The molecule has 18 heavy (non-hydrogen) atoms. The van der Waals surface area contributed by atoms with Crippen molar-refractivity contribution in [2.75, 3.05) is 0 Å². The second-order valence-corrected chi connectivity index (χ2v) is 3.95. The molecule has 0 aliphatic carbocycles. The Bertz CT molecular complexity index is 490. The van der Waals surface area contributed by atoms with Crippen molar-refractivity contribution in [2.24, 2.45) is 0 Å². The van der Waals surface area contributed by atoms with Crippen LogP contribution in [0.2, 0.25) is 5.02 Å². The van der Waals surface area contributed by atoms with Crippen LogP contribution in [0.4, 0.5) is 4.39 Å². The molecule has 0 radical (unpaired) electrons. The minimum atomic E-state index is -1.21. The van der Waals surface area contributed by atoms with E-state index in [1.807, 2.05) is 0 Å². The van der Waals surface area contributed by atoms with E-state index in [1.165, 1.54) is 18.2 Å². The van der Waals surface area contributed by atoms with Gasteiger partial charge >= 0.3 is 5.97 Å². The molecule has 0 aliphatic rings. The third kappa shape index (κ3) is 3.56. The first-order valence-corrected chi connectivity index (χ1v) is 5.43. The van der Waals surface area contributed by atoms with Gasteiger partial charge in [-0.3, -0.25) is 4.79 Å². The molecule has 0 saturated carbocycles. The quantitative estimate of drug-likeness (QED) is 0.807. The molecule has 2 N–H and O–H groups in total. The summed E-state index contributed by atoms with van der Waals surface area (Å²) in [6.07, 6.45) is 1.41. The monoisotopic (exact) mass is 271 g/mol. The number of halogens is 2. The predicted molar refractivity (Wildman–Crippen MR) is 65.1 cm³/mol. The fraction of sp³-hybridized carbons (Fsp3) is 0.167. The summed E-state index contributed by atoms with van der Waals surface area (Å²) < 4.78 is 13.4. The van der Waals surface area contributed by atoms with Crippen molar-refractivity contribution in [3.8, 4) is 0 Å². The smallest absolute Gasteiger partial charge is 0.326 e. The Morgan fingerprint density at radius 1 is 1.56 bits per heavy atom. The highest BCUT2D eigenvalue weighted by molar-refractivity contribution is 6.30. The molecule has 0 saturated heterocycles. The Hall–Kier alpha value is -1.88. The van der Waals surface area contributed by atoms with Gasteiger partial charge in [-0.15, -0.1) is 6.58 Å². The van der Waals surface area contributed by atoms with Crippen LogP contribution in [0.1, 0.15) is 16.8 Å². The number of nitrogens with one attached hydrogen (secondary N) is 1. The normalized spacial score (nSPS) is 11.7. The van der Waals surface area contributed by atoms with Crippen molar-refractivity contribution in [1.82, 2.24) is 5.32 Å². The highest BCUT2D eigenvalue weighted by atomic mass is 35.5. The maximum Gasteiger partial charge on any atom is 0.326 e. The predicted octanol–water partition coefficient (Wildman–Crippen LogP) is 2.24. The van der Waals surface area contributed by atoms with Gasteiger partial charge < -0.3 is 10.4 Å². The zero-order chi connectivity index (χ0) is 13.7. The van der Waals surface area contributed by atoms with Gasteiger partial charge in [0, 0.05) is 5.02 Å². The maximum absolute atomic E-state index is 13.4. The molecule has 1 aromatic rings. The van der Waals surface area contributed by atoms with Gasteiger partial charge in [-0.05, 0) is 24.6 Å². The van der Waals surface area contributed by atoms with Crippen LogP contribution in [-0.4, -0.2) is 23.0 Å². The molecule has 1 aromatic carbocycles. The number of aliphatic carboxylic acids is 1. The van der Waals surface area contributed by atoms with Gasteiger partial charge in [0.05, 0.1) is 5.56 Å². The Morgan fingerprint density at radius 2 is 2.22 bits per heavy atom. The molecule has 4 nitrogen and oxygen atoms in total. The fourth-order valence-electron chi connectivity index (χ4n) is 1.30. The van der Waals surface area contributed by atoms with Gasteiger partial charge in [-0.2, -0.15) is 0 Å². The van der Waals surface area contributed by atoms with E-state index in [0.29, 0.717) is 0 Å². The standard InChI is InChI=1S/C12H11ClFNO3/c1-2-3-10(12(17)18)15-11(16)8-5-4-7(13)6-9(8)14/h2,4-6,10H,1,3H2,(H,15,16)(H,17,18). The summed E-state index contributed by atoms with van der Waals surface area (Å²) >= 11 is 5.55. The van der Waals surface area contributed by atoms with Crippen LogP contribution in [0.5, 0.6) is 0 Å². The lowest BCUT2D eigenvalue weighted by Gasteiger charge is -2.12. The average molecular weight is 272 g/mol. The number of hydrogen-bond acceptors (Lipinski definition) is 2. The molecule has 0 aromatic heterocycles. The van der Waals surface area contributed by atoms with Crippen molar-refractivity contribution < 1.29 is 19.1 Å². The summed E-state index contributed by atoms with van der Waals surface area (Å²) in [7, 11) is 0. The average Bonchev–Trinajstić information content (AvgIpc) is 2.27. The third-order valence-corrected chi connectivity index (χ3v) is 2.42. The lowest BCUT2D eigenvalue weighted by Crippen LogP contribution is -2.40. The van der Waals surface area contributed by atoms with E-state index in [0.717, 1.165) is 6.07 Å². The second kappa shape index (κ2) is 6.16. The van der Waals surface area contributed by atoms with Gasteiger partial charge in [0.15, 0.2) is 0 Å². The number of amides is 1. The van der Waals surface area contributed by atoms with Gasteiger partial charge in [0.25, 0.3) is 5.91 Å². The number of carbonyl (C=O) groups excluding carboxylic acids is 1. The highest BCUT2D eigenvalue weighted by Gasteiger charge is 2.20. The summed E-state index contributed by atoms with van der Waals surface area (Å²) in [4.78, 5) is 22.5. The van der Waals surface area contributed by atoms with Crippen LogP contribution in [-0.2, 0) is 4.79 Å². The number of rotatable bonds is 5. The largest absolute Gasteiger partial charge is 0.480 e. The fourth-order valence-corrected chi connectivity index (χ4v) is 1.46. The van der Waals surface area contributed by atoms with Crippen molar-refractivity contribution in [1.29, 1.82) is 0 Å². The molecule has 6 heteroatoms. The summed E-state index contributed by atoms with van der Waals surface area (Å²) in [5.74, 6) is -2.82. The summed E-state index contributed by atoms with van der Waals surface area (Å²) in [6.45, 7) is 3.39. The van der Waals surface area contributed by atoms with Crippen molar-refractivity contribution in [3.05, 3.63) is 47.3 Å². The summed E-state index contributed by atoms with van der Waals surface area (Å²) in [5.41, 5.74) is -0.255. The van der Waals surface area contributed by atoms with E-state index in [-0.39, 0.29) is 17.0 Å². The molecule has 1 unspecified atom stereocenters. The number of hydrogen-bond donors (Lipinski definition) is 2. The van der Waals surface area contributed by atoms with Crippen LogP contribution in [0.25, 0.3) is 0 Å². The molecule has 0 spiro atoms. The van der Waals surface area contributed by atoms with Gasteiger partial charge in [0.2, 0.25) is 0 Å². The molecule has 0 heterocycles. The molecule has 1 atom stereocenters. The van der Waals surface area contributed by atoms with E-state index in [4.69, 9.17) is 16.7 Å². The second-order valence-electron chi connectivity index (χ2n) is 3.51. The molecule has 0 fully saturated rings. The van der Waals surface area contributed by atoms with Crippen LogP contribution >= 0.6 is 11.6 Å². The molecule has 1 amide bonds. The van der Waals surface area contributed by atoms with Gasteiger partial charge in [-0.1, -0.05) is 17.7 Å². The SMILES string of the molecule is C=CCC(NC(=O)c1ccc(Cl)cc1F)C(=O)O. The number of benzene rings is 1. The van der Waals surface area contributed by atoms with Crippen LogP contribution in [0, 0.1) is 5.82 Å². The topological polar surface area (TPSA) is 66.4 Å². The molecule has 0 bridgehead atoms. The Balaban J connectivity index is 2.86. The van der Waals surface area contributed by atoms with E-state index in [1.54, 1.807) is 0 Å². The number of carboxylic acid groups (broad SMARTS) is 1. The Morgan fingerprint density at radius 3 is 2.72 bits per heavy atom. The van der Waals surface area contributed by atoms with Crippen molar-refractivity contribution in [3.63, 3.8) is 0 Å². The van der Waals surface area contributed by atoms with E-state index >= 15 is 0 Å². The minimum Gasteiger partial charge on any atom is -0.480 e. The maximum atomic E-state index is 13.4. The molecule has 1 rings (SSSR count). The Kier molecular flexibility index (Phi) is 4.85. The van der Waals surface area contributed by atoms with Crippen molar-refractivity contribution >= 4 is 23.5 Å². The minimum absolute atomic E-state index is 0.0519. The molecule has 96 valence electrons. The highest BCUT2D eigenvalue weighted by Crippen LogP contribution is 2.14. The van der Waals surface area contributed by atoms with Crippen molar-refractivity contribution in [2.45, 2.75) is 12.5 Å². The van der Waals surface area contributed by atoms with Crippen LogP contribution in [0.15, 0.2) is 30.9 Å². The van der Waals surface area contributed by atoms with E-state index in [2.05, 4.69) is 11.9 Å². The zero-order valence-electron chi connectivity index (χ0n) is 9.32. The molecular weight excluding hydrogens is 261 g/mol. The summed E-state index contributed by atoms with van der Waals surface area (Å²) in [5, 5.41) is 11.2. The summed E-state index contributed by atoms with van der Waals surface area (Å²) in [6, 6.07) is 2.40. The first kappa shape index (κ1) is 14.2. The first-order valence-electron chi connectivity index (χ1n) is 5.05. The van der Waals surface area contributed by atoms with Gasteiger partial charge in [-0.25, -0.2) is 9.18 Å². The third-order valence-electron chi connectivity index (χ3n) is 2.18. The van der Waals surface area contributed by atoms with Gasteiger partial charge in [0.1, 0.15) is 11.9 Å². The lowest BCUT2D eigenvalue weighted by atomic mass is 10.1. The lowest BCUT2D eigenvalue weighted by molar-refractivity contribution is -0.139. The van der Waals surface area contributed by atoms with E-state index in [9.17, 15) is 14.0 Å². The number of carboxylic acids is 1. The molecule has 0 aliphatic heterocycles. The van der Waals surface area contributed by atoms with Crippen LogP contribution in [0.3, 0.4) is 0 Å². The Labute approximate surface area is 108 Å². The number of carbonyl (C=O) groups is 2. The van der Waals surface area contributed by atoms with Crippen LogP contribution < -0.4 is 5.32 Å². The van der Waals surface area contributed by atoms with E-state index < -0.39 is 23.7 Å². The zero-order valence-corrected chi connectivity index (χ0v) is 10.1. The first-order chi connectivity index (χ1) is 8.45.